The van der Waals surface area contributed by atoms with E-state index in [0.717, 1.165) is 26.2 Å². The van der Waals surface area contributed by atoms with E-state index in [1.165, 1.54) is 19.3 Å². The summed E-state index contributed by atoms with van der Waals surface area (Å²) in [6.45, 7) is 13.6. The van der Waals surface area contributed by atoms with Crippen LogP contribution in [-0.2, 0) is 4.74 Å². The molecule has 2 rings (SSSR count). The number of hydrogen-bond acceptors (Lipinski definition) is 3. The summed E-state index contributed by atoms with van der Waals surface area (Å²) >= 11 is 0. The molecule has 0 amide bonds. The molecule has 0 aromatic heterocycles. The van der Waals surface area contributed by atoms with Gasteiger partial charge in [0.1, 0.15) is 0 Å². The van der Waals surface area contributed by atoms with Gasteiger partial charge in [0.15, 0.2) is 0 Å². The molecule has 2 aliphatic heterocycles. The van der Waals surface area contributed by atoms with Crippen LogP contribution in [0, 0.1) is 5.92 Å². The summed E-state index contributed by atoms with van der Waals surface area (Å²) in [5.41, 5.74) is 0.256. The van der Waals surface area contributed by atoms with Crippen molar-refractivity contribution in [2.45, 2.75) is 64.6 Å². The van der Waals surface area contributed by atoms with E-state index >= 15 is 0 Å². The van der Waals surface area contributed by atoms with E-state index in [4.69, 9.17) is 4.74 Å². The Hall–Kier alpha value is -0.120. The molecule has 0 spiro atoms. The lowest BCUT2D eigenvalue weighted by atomic mass is 9.92. The Labute approximate surface area is 112 Å². The number of rotatable bonds is 3. The molecule has 0 saturated carbocycles. The SMILES string of the molecule is CC(C)C1CN(CC2CCCCO2)C(C)(C)CN1. The average Bonchev–Trinajstić information content (AvgIpc) is 2.33. The quantitative estimate of drug-likeness (QED) is 0.836. The zero-order valence-corrected chi connectivity index (χ0v) is 12.5. The van der Waals surface area contributed by atoms with Gasteiger partial charge in [0, 0.05) is 37.8 Å². The molecule has 2 aliphatic rings. The second-order valence-corrected chi connectivity index (χ2v) is 6.94. The van der Waals surface area contributed by atoms with E-state index in [1.54, 1.807) is 0 Å². The number of piperazine rings is 1. The molecule has 18 heavy (non-hydrogen) atoms. The third-order valence-electron chi connectivity index (χ3n) is 4.57. The maximum atomic E-state index is 5.91. The van der Waals surface area contributed by atoms with Gasteiger partial charge in [-0.05, 0) is 39.0 Å². The number of nitrogens with zero attached hydrogens (tertiary/aromatic N) is 1. The van der Waals surface area contributed by atoms with E-state index < -0.39 is 0 Å². The normalized spacial score (nSPS) is 33.8. The zero-order valence-electron chi connectivity index (χ0n) is 12.5. The van der Waals surface area contributed by atoms with Crippen LogP contribution < -0.4 is 5.32 Å². The summed E-state index contributed by atoms with van der Waals surface area (Å²) in [5, 5.41) is 3.69. The third kappa shape index (κ3) is 3.46. The molecule has 3 heteroatoms. The Morgan fingerprint density at radius 1 is 1.33 bits per heavy atom. The summed E-state index contributed by atoms with van der Waals surface area (Å²) in [7, 11) is 0. The minimum Gasteiger partial charge on any atom is -0.377 e. The Kier molecular flexibility index (Phi) is 4.68. The van der Waals surface area contributed by atoms with Crippen LogP contribution in [0.5, 0.6) is 0 Å². The lowest BCUT2D eigenvalue weighted by Gasteiger charge is -2.48. The zero-order chi connectivity index (χ0) is 13.2. The Bertz CT molecular complexity index is 259. The van der Waals surface area contributed by atoms with Gasteiger partial charge in [-0.2, -0.15) is 0 Å². The highest BCUT2D eigenvalue weighted by Crippen LogP contribution is 2.24. The third-order valence-corrected chi connectivity index (χ3v) is 4.57. The summed E-state index contributed by atoms with van der Waals surface area (Å²) in [6, 6.07) is 0.626. The van der Waals surface area contributed by atoms with Crippen molar-refractivity contribution in [3.8, 4) is 0 Å². The van der Waals surface area contributed by atoms with Crippen LogP contribution in [-0.4, -0.2) is 48.8 Å². The standard InChI is InChI=1S/C15H30N2O/c1-12(2)14-10-17(15(3,4)11-16-14)9-13-7-5-6-8-18-13/h12-14,16H,5-11H2,1-4H3. The highest BCUT2D eigenvalue weighted by Gasteiger charge is 2.36. The molecule has 0 aromatic carbocycles. The van der Waals surface area contributed by atoms with Crippen molar-refractivity contribution >= 4 is 0 Å². The van der Waals surface area contributed by atoms with E-state index in [9.17, 15) is 0 Å². The van der Waals surface area contributed by atoms with Crippen LogP contribution >= 0.6 is 0 Å². The lowest BCUT2D eigenvalue weighted by Crippen LogP contribution is -2.64. The van der Waals surface area contributed by atoms with Crippen LogP contribution in [0.4, 0.5) is 0 Å². The lowest BCUT2D eigenvalue weighted by molar-refractivity contribution is -0.0401. The predicted octanol–water partition coefficient (Wildman–Crippen LogP) is 2.26. The smallest absolute Gasteiger partial charge is 0.0702 e. The van der Waals surface area contributed by atoms with E-state index in [2.05, 4.69) is 37.9 Å². The van der Waals surface area contributed by atoms with Crippen molar-refractivity contribution in [3.63, 3.8) is 0 Å². The number of nitrogens with one attached hydrogen (secondary N) is 1. The van der Waals surface area contributed by atoms with Gasteiger partial charge >= 0.3 is 0 Å². The predicted molar refractivity (Wildman–Crippen MR) is 75.9 cm³/mol. The largest absolute Gasteiger partial charge is 0.377 e. The van der Waals surface area contributed by atoms with Gasteiger partial charge in [-0.25, -0.2) is 0 Å². The molecular formula is C15H30N2O. The summed E-state index contributed by atoms with van der Waals surface area (Å²) in [5.74, 6) is 0.705. The second-order valence-electron chi connectivity index (χ2n) is 6.94. The molecule has 2 atom stereocenters. The summed E-state index contributed by atoms with van der Waals surface area (Å²) in [4.78, 5) is 2.64. The van der Waals surface area contributed by atoms with Crippen molar-refractivity contribution in [1.29, 1.82) is 0 Å². The first-order chi connectivity index (χ1) is 8.49. The van der Waals surface area contributed by atoms with E-state index in [0.29, 0.717) is 18.1 Å². The van der Waals surface area contributed by atoms with E-state index in [-0.39, 0.29) is 5.54 Å². The van der Waals surface area contributed by atoms with Crippen molar-refractivity contribution in [3.05, 3.63) is 0 Å². The molecule has 0 aromatic rings. The molecule has 0 bridgehead atoms. The molecule has 3 nitrogen and oxygen atoms in total. The fourth-order valence-corrected chi connectivity index (χ4v) is 3.01. The van der Waals surface area contributed by atoms with Crippen LogP contribution in [0.3, 0.4) is 0 Å². The monoisotopic (exact) mass is 254 g/mol. The van der Waals surface area contributed by atoms with Crippen molar-refractivity contribution in [1.82, 2.24) is 10.2 Å². The maximum Gasteiger partial charge on any atom is 0.0702 e. The topological polar surface area (TPSA) is 24.5 Å². The fourth-order valence-electron chi connectivity index (χ4n) is 3.01. The highest BCUT2D eigenvalue weighted by molar-refractivity contribution is 4.94. The molecule has 1 N–H and O–H groups in total. The number of hydrogen-bond donors (Lipinski definition) is 1. The number of ether oxygens (including phenoxy) is 1. The molecule has 2 unspecified atom stereocenters. The van der Waals surface area contributed by atoms with Crippen LogP contribution in [0.2, 0.25) is 0 Å². The maximum absolute atomic E-state index is 5.91. The second kappa shape index (κ2) is 5.89. The van der Waals surface area contributed by atoms with Gasteiger partial charge in [0.25, 0.3) is 0 Å². The summed E-state index contributed by atoms with van der Waals surface area (Å²) in [6.07, 6.45) is 4.29. The average molecular weight is 254 g/mol. The molecule has 2 heterocycles. The molecule has 0 radical (unpaired) electrons. The molecular weight excluding hydrogens is 224 g/mol. The van der Waals surface area contributed by atoms with Crippen molar-refractivity contribution in [2.24, 2.45) is 5.92 Å². The van der Waals surface area contributed by atoms with Gasteiger partial charge in [0.05, 0.1) is 6.10 Å². The molecule has 0 aliphatic carbocycles. The van der Waals surface area contributed by atoms with Gasteiger partial charge in [-0.3, -0.25) is 4.90 Å². The van der Waals surface area contributed by atoms with Crippen LogP contribution in [0.15, 0.2) is 0 Å². The van der Waals surface area contributed by atoms with Crippen LogP contribution in [0.1, 0.15) is 47.0 Å². The Morgan fingerprint density at radius 3 is 2.72 bits per heavy atom. The molecule has 106 valence electrons. The highest BCUT2D eigenvalue weighted by atomic mass is 16.5. The first kappa shape index (κ1) is 14.3. The Morgan fingerprint density at radius 2 is 2.11 bits per heavy atom. The van der Waals surface area contributed by atoms with Gasteiger partial charge in [0.2, 0.25) is 0 Å². The summed E-state index contributed by atoms with van der Waals surface area (Å²) < 4.78 is 5.91. The minimum atomic E-state index is 0.256. The van der Waals surface area contributed by atoms with Crippen molar-refractivity contribution < 1.29 is 4.74 Å². The Balaban J connectivity index is 1.93. The molecule has 2 saturated heterocycles. The van der Waals surface area contributed by atoms with Crippen LogP contribution in [0.25, 0.3) is 0 Å². The van der Waals surface area contributed by atoms with E-state index in [1.807, 2.05) is 0 Å². The fraction of sp³-hybridized carbons (Fsp3) is 1.00. The molecule has 2 fully saturated rings. The van der Waals surface area contributed by atoms with Gasteiger partial charge in [-0.15, -0.1) is 0 Å². The van der Waals surface area contributed by atoms with Gasteiger partial charge in [-0.1, -0.05) is 13.8 Å². The minimum absolute atomic E-state index is 0.256. The van der Waals surface area contributed by atoms with Crippen molar-refractivity contribution in [2.75, 3.05) is 26.2 Å². The first-order valence-electron chi connectivity index (χ1n) is 7.59. The first-order valence-corrected chi connectivity index (χ1v) is 7.59. The van der Waals surface area contributed by atoms with Gasteiger partial charge < -0.3 is 10.1 Å².